The highest BCUT2D eigenvalue weighted by atomic mass is 32.1. The summed E-state index contributed by atoms with van der Waals surface area (Å²) in [6.07, 6.45) is 1.85. The molecule has 32 heavy (non-hydrogen) atoms. The van der Waals surface area contributed by atoms with E-state index in [-0.39, 0.29) is 31.6 Å². The largest absolute Gasteiger partial charge is 0.376 e. The summed E-state index contributed by atoms with van der Waals surface area (Å²) in [5.41, 5.74) is 0.318. The molecule has 1 saturated heterocycles. The average Bonchev–Trinajstić information content (AvgIpc) is 3.55. The molecule has 2 aromatic heterocycles. The van der Waals surface area contributed by atoms with Gasteiger partial charge in [-0.05, 0) is 35.6 Å². The maximum absolute atomic E-state index is 14.2. The Bertz CT molecular complexity index is 1050. The van der Waals surface area contributed by atoms with Crippen LogP contribution in [0.25, 0.3) is 10.7 Å². The number of carbonyl (C=O) groups is 2. The zero-order valence-corrected chi connectivity index (χ0v) is 18.1. The first kappa shape index (κ1) is 22.0. The van der Waals surface area contributed by atoms with Crippen molar-refractivity contribution in [2.75, 3.05) is 19.7 Å². The fourth-order valence-corrected chi connectivity index (χ4v) is 4.01. The lowest BCUT2D eigenvalue weighted by atomic mass is 10.2. The van der Waals surface area contributed by atoms with Gasteiger partial charge < -0.3 is 15.0 Å². The van der Waals surface area contributed by atoms with Crippen molar-refractivity contribution in [1.29, 1.82) is 0 Å². The third-order valence-electron chi connectivity index (χ3n) is 5.03. The quantitative estimate of drug-likeness (QED) is 0.525. The predicted octanol–water partition coefficient (Wildman–Crippen LogP) is 1.86. The van der Waals surface area contributed by atoms with Gasteiger partial charge in [0, 0.05) is 25.3 Å². The third-order valence-corrected chi connectivity index (χ3v) is 5.89. The van der Waals surface area contributed by atoms with Crippen LogP contribution in [0.2, 0.25) is 0 Å². The summed E-state index contributed by atoms with van der Waals surface area (Å²) in [6, 6.07) is 9.90. The van der Waals surface area contributed by atoms with E-state index in [1.54, 1.807) is 18.2 Å². The monoisotopic (exact) mass is 458 g/mol. The zero-order valence-electron chi connectivity index (χ0n) is 17.3. The Balaban J connectivity index is 1.43. The van der Waals surface area contributed by atoms with Crippen LogP contribution in [0.1, 0.15) is 18.4 Å². The summed E-state index contributed by atoms with van der Waals surface area (Å²) >= 11 is 1.46. The predicted molar refractivity (Wildman–Crippen MR) is 115 cm³/mol. The molecule has 9 nitrogen and oxygen atoms in total. The highest BCUT2D eigenvalue weighted by molar-refractivity contribution is 7.13. The van der Waals surface area contributed by atoms with Crippen LogP contribution in [0, 0.1) is 5.82 Å². The van der Waals surface area contributed by atoms with E-state index in [2.05, 4.69) is 20.7 Å². The topological polar surface area (TPSA) is 102 Å². The maximum atomic E-state index is 14.2. The number of tetrazole rings is 1. The second kappa shape index (κ2) is 10.4. The van der Waals surface area contributed by atoms with E-state index in [4.69, 9.17) is 4.74 Å². The second-order valence-corrected chi connectivity index (χ2v) is 8.35. The number of aromatic nitrogens is 4. The van der Waals surface area contributed by atoms with Gasteiger partial charge in [-0.15, -0.1) is 21.5 Å². The summed E-state index contributed by atoms with van der Waals surface area (Å²) in [4.78, 5) is 28.8. The first-order chi connectivity index (χ1) is 15.6. The molecule has 0 aliphatic carbocycles. The lowest BCUT2D eigenvalue weighted by Crippen LogP contribution is -2.43. The van der Waals surface area contributed by atoms with Crippen molar-refractivity contribution in [1.82, 2.24) is 30.4 Å². The maximum Gasteiger partial charge on any atom is 0.247 e. The molecule has 2 amide bonds. The number of amides is 2. The summed E-state index contributed by atoms with van der Waals surface area (Å²) in [7, 11) is 0. The molecule has 1 atom stereocenters. The van der Waals surface area contributed by atoms with Crippen LogP contribution in [-0.2, 0) is 27.4 Å². The Morgan fingerprint density at radius 1 is 1.28 bits per heavy atom. The van der Waals surface area contributed by atoms with Gasteiger partial charge in [0.25, 0.3) is 0 Å². The van der Waals surface area contributed by atoms with Crippen molar-refractivity contribution in [3.63, 3.8) is 0 Å². The normalized spacial score (nSPS) is 15.6. The van der Waals surface area contributed by atoms with Gasteiger partial charge in [-0.25, -0.2) is 4.39 Å². The van der Waals surface area contributed by atoms with Gasteiger partial charge in [0.05, 0.1) is 17.5 Å². The van der Waals surface area contributed by atoms with Gasteiger partial charge in [-0.1, -0.05) is 24.3 Å². The molecule has 1 aliphatic rings. The van der Waals surface area contributed by atoms with Crippen LogP contribution in [0.3, 0.4) is 0 Å². The van der Waals surface area contributed by atoms with Crippen molar-refractivity contribution in [3.05, 3.63) is 53.2 Å². The Hall–Kier alpha value is -3.18. The number of hydrogen-bond donors (Lipinski definition) is 1. The van der Waals surface area contributed by atoms with Crippen LogP contribution in [0.5, 0.6) is 0 Å². The molecule has 0 bridgehead atoms. The molecular weight excluding hydrogens is 435 g/mol. The highest BCUT2D eigenvalue weighted by Gasteiger charge is 2.22. The number of benzene rings is 1. The number of thiophene rings is 1. The van der Waals surface area contributed by atoms with Gasteiger partial charge in [-0.3, -0.25) is 9.59 Å². The summed E-state index contributed by atoms with van der Waals surface area (Å²) in [6.45, 7) is 0.593. The van der Waals surface area contributed by atoms with Crippen LogP contribution >= 0.6 is 11.3 Å². The van der Waals surface area contributed by atoms with E-state index >= 15 is 0 Å². The van der Waals surface area contributed by atoms with Crippen LogP contribution in [0.15, 0.2) is 41.8 Å². The SMILES string of the molecule is O=C(CN(Cc1ccccc1F)C(=O)Cn1nnc(-c2cccs2)n1)NC[C@@H]1CCCO1. The molecule has 3 aromatic rings. The lowest BCUT2D eigenvalue weighted by molar-refractivity contribution is -0.137. The van der Waals surface area contributed by atoms with Crippen molar-refractivity contribution >= 4 is 23.2 Å². The molecular formula is C21H23FN6O3S. The number of ether oxygens (including phenoxy) is 1. The molecule has 1 aliphatic heterocycles. The molecule has 0 unspecified atom stereocenters. The molecule has 0 radical (unpaired) electrons. The Labute approximate surface area is 188 Å². The van der Waals surface area contributed by atoms with Crippen LogP contribution in [0.4, 0.5) is 4.39 Å². The van der Waals surface area contributed by atoms with E-state index < -0.39 is 11.7 Å². The van der Waals surface area contributed by atoms with Gasteiger partial charge in [0.2, 0.25) is 17.6 Å². The molecule has 4 rings (SSSR count). The highest BCUT2D eigenvalue weighted by Crippen LogP contribution is 2.19. The van der Waals surface area contributed by atoms with E-state index in [1.165, 1.54) is 27.1 Å². The molecule has 3 heterocycles. The lowest BCUT2D eigenvalue weighted by Gasteiger charge is -2.23. The van der Waals surface area contributed by atoms with Gasteiger partial charge in [0.15, 0.2) is 0 Å². The minimum Gasteiger partial charge on any atom is -0.376 e. The van der Waals surface area contributed by atoms with Gasteiger partial charge in [0.1, 0.15) is 12.4 Å². The molecule has 11 heteroatoms. The fourth-order valence-electron chi connectivity index (χ4n) is 3.36. The molecule has 0 spiro atoms. The van der Waals surface area contributed by atoms with Crippen molar-refractivity contribution < 1.29 is 18.7 Å². The molecule has 168 valence electrons. The molecule has 1 aromatic carbocycles. The second-order valence-electron chi connectivity index (χ2n) is 7.40. The Kier molecular flexibility index (Phi) is 7.17. The van der Waals surface area contributed by atoms with E-state index in [0.717, 1.165) is 17.7 Å². The summed E-state index contributed by atoms with van der Waals surface area (Å²) in [5, 5.41) is 16.8. The number of nitrogens with zero attached hydrogens (tertiary/aromatic N) is 5. The van der Waals surface area contributed by atoms with Crippen molar-refractivity contribution in [2.24, 2.45) is 0 Å². The minimum atomic E-state index is -0.441. The van der Waals surface area contributed by atoms with Crippen LogP contribution < -0.4 is 5.32 Å². The minimum absolute atomic E-state index is 0.00955. The summed E-state index contributed by atoms with van der Waals surface area (Å²) < 4.78 is 19.7. The van der Waals surface area contributed by atoms with Crippen molar-refractivity contribution in [2.45, 2.75) is 32.0 Å². The van der Waals surface area contributed by atoms with Crippen molar-refractivity contribution in [3.8, 4) is 10.7 Å². The number of rotatable bonds is 9. The third kappa shape index (κ3) is 5.74. The van der Waals surface area contributed by atoms with Gasteiger partial charge in [-0.2, -0.15) is 4.80 Å². The zero-order chi connectivity index (χ0) is 22.3. The van der Waals surface area contributed by atoms with E-state index in [9.17, 15) is 14.0 Å². The first-order valence-electron chi connectivity index (χ1n) is 10.3. The van der Waals surface area contributed by atoms with E-state index in [1.807, 2.05) is 17.5 Å². The smallest absolute Gasteiger partial charge is 0.247 e. The number of halogens is 1. The Morgan fingerprint density at radius 3 is 2.91 bits per heavy atom. The molecule has 1 fully saturated rings. The molecule has 0 saturated carbocycles. The first-order valence-corrected chi connectivity index (χ1v) is 11.2. The molecule has 1 N–H and O–H groups in total. The summed E-state index contributed by atoms with van der Waals surface area (Å²) in [5.74, 6) is -0.779. The number of hydrogen-bond acceptors (Lipinski definition) is 7. The standard InChI is InChI=1S/C21H23FN6O3S/c22-17-7-2-1-5-15(17)12-27(13-19(29)23-11-16-6-3-9-31-16)20(30)14-28-25-21(24-26-28)18-8-4-10-32-18/h1-2,4-5,7-8,10,16H,3,6,9,11-14H2,(H,23,29)/t16-/m0/s1. The van der Waals surface area contributed by atoms with E-state index in [0.29, 0.717) is 24.5 Å². The Morgan fingerprint density at radius 2 is 2.16 bits per heavy atom. The number of carbonyl (C=O) groups excluding carboxylic acids is 2. The van der Waals surface area contributed by atoms with Gasteiger partial charge >= 0.3 is 0 Å². The fraction of sp³-hybridized carbons (Fsp3) is 0.381. The van der Waals surface area contributed by atoms with Crippen LogP contribution in [-0.4, -0.2) is 62.7 Å². The number of nitrogens with one attached hydrogen (secondary N) is 1. The average molecular weight is 459 g/mol.